The molecule has 0 N–H and O–H groups in total. The summed E-state index contributed by atoms with van der Waals surface area (Å²) >= 11 is 4.06. The van der Waals surface area contributed by atoms with Crippen LogP contribution in [0.2, 0.25) is 0 Å². The molecule has 0 heterocycles. The number of hydrogen-bond donors (Lipinski definition) is 1. The Bertz CT molecular complexity index is 138. The van der Waals surface area contributed by atoms with E-state index >= 15 is 0 Å². The van der Waals surface area contributed by atoms with Crippen molar-refractivity contribution in [2.45, 2.75) is 4.90 Å². The van der Waals surface area contributed by atoms with Crippen LogP contribution in [0.5, 0.6) is 0 Å². The second-order valence-electron chi connectivity index (χ2n) is 1.26. The SMILES string of the molecule is Sc1cc[c]cc1.[Pd]. The summed E-state index contributed by atoms with van der Waals surface area (Å²) < 4.78 is 0. The predicted molar refractivity (Wildman–Crippen MR) is 32.5 cm³/mol. The van der Waals surface area contributed by atoms with Crippen LogP contribution >= 0.6 is 12.6 Å². The monoisotopic (exact) mass is 215 g/mol. The Hall–Kier alpha value is 0.232. The van der Waals surface area contributed by atoms with Gasteiger partial charge >= 0.3 is 0 Å². The summed E-state index contributed by atoms with van der Waals surface area (Å²) in [6.07, 6.45) is 0. The van der Waals surface area contributed by atoms with Gasteiger partial charge in [0.25, 0.3) is 0 Å². The standard InChI is InChI=1S/C6H5S.Pd/c7-6-4-2-1-3-5-6;/h2-5,7H;. The van der Waals surface area contributed by atoms with E-state index in [9.17, 15) is 0 Å². The van der Waals surface area contributed by atoms with E-state index in [2.05, 4.69) is 18.7 Å². The summed E-state index contributed by atoms with van der Waals surface area (Å²) in [6, 6.07) is 10.3. The van der Waals surface area contributed by atoms with Crippen LogP contribution in [0, 0.1) is 6.07 Å². The molecule has 0 fully saturated rings. The molecular formula is C6H5PdS. The van der Waals surface area contributed by atoms with Crippen LogP contribution in [0.4, 0.5) is 0 Å². The summed E-state index contributed by atoms with van der Waals surface area (Å²) in [4.78, 5) is 0.985. The fourth-order valence-corrected chi connectivity index (χ4v) is 0.527. The Morgan fingerprint density at radius 3 is 2.00 bits per heavy atom. The van der Waals surface area contributed by atoms with Gasteiger partial charge in [-0.1, -0.05) is 12.1 Å². The Balaban J connectivity index is 0.000000490. The van der Waals surface area contributed by atoms with E-state index in [4.69, 9.17) is 0 Å². The van der Waals surface area contributed by atoms with Gasteiger partial charge in [-0.2, -0.15) is 0 Å². The first kappa shape index (κ1) is 8.23. The molecule has 2 heteroatoms. The van der Waals surface area contributed by atoms with Crippen LogP contribution in [0.15, 0.2) is 29.2 Å². The molecule has 1 aromatic rings. The van der Waals surface area contributed by atoms with Gasteiger partial charge in [0.1, 0.15) is 0 Å². The first-order valence-corrected chi connectivity index (χ1v) is 2.49. The third-order valence-corrected chi connectivity index (χ3v) is 0.999. The average Bonchev–Trinajstić information content (AvgIpc) is 1.69. The van der Waals surface area contributed by atoms with Crippen molar-refractivity contribution < 1.29 is 20.4 Å². The van der Waals surface area contributed by atoms with Crippen molar-refractivity contribution in [3.63, 3.8) is 0 Å². The van der Waals surface area contributed by atoms with Crippen LogP contribution in [-0.2, 0) is 20.4 Å². The summed E-state index contributed by atoms with van der Waals surface area (Å²) in [5.74, 6) is 0. The largest absolute Gasteiger partial charge is 0.143 e. The molecular weight excluding hydrogens is 211 g/mol. The Labute approximate surface area is 68.4 Å². The smallest absolute Gasteiger partial charge is 0.00404 e. The maximum absolute atomic E-state index is 4.06. The van der Waals surface area contributed by atoms with Crippen LogP contribution in [0.3, 0.4) is 0 Å². The number of benzene rings is 1. The zero-order valence-electron chi connectivity index (χ0n) is 4.07. The van der Waals surface area contributed by atoms with Gasteiger partial charge in [-0.25, -0.2) is 0 Å². The van der Waals surface area contributed by atoms with Crippen molar-refractivity contribution in [3.05, 3.63) is 30.3 Å². The van der Waals surface area contributed by atoms with Gasteiger partial charge in [0.15, 0.2) is 0 Å². The van der Waals surface area contributed by atoms with Crippen molar-refractivity contribution in [2.24, 2.45) is 0 Å². The Morgan fingerprint density at radius 2 is 1.75 bits per heavy atom. The van der Waals surface area contributed by atoms with Crippen LogP contribution in [-0.4, -0.2) is 0 Å². The van der Waals surface area contributed by atoms with Gasteiger partial charge in [-0.15, -0.1) is 12.6 Å². The van der Waals surface area contributed by atoms with Gasteiger partial charge in [-0.3, -0.25) is 0 Å². The van der Waals surface area contributed by atoms with Crippen LogP contribution < -0.4 is 0 Å². The zero-order valence-corrected chi connectivity index (χ0v) is 6.52. The number of rotatable bonds is 0. The molecule has 0 amide bonds. The number of hydrogen-bond acceptors (Lipinski definition) is 1. The quantitative estimate of drug-likeness (QED) is 0.495. The normalized spacial score (nSPS) is 7.62. The van der Waals surface area contributed by atoms with E-state index in [0.717, 1.165) is 4.90 Å². The Morgan fingerprint density at radius 1 is 1.25 bits per heavy atom. The third kappa shape index (κ3) is 2.52. The second kappa shape index (κ2) is 4.15. The fraction of sp³-hybridized carbons (Fsp3) is 0. The molecule has 45 valence electrons. The van der Waals surface area contributed by atoms with Gasteiger partial charge in [0.2, 0.25) is 0 Å². The van der Waals surface area contributed by atoms with E-state index in [-0.39, 0.29) is 20.4 Å². The molecule has 0 nitrogen and oxygen atoms in total. The van der Waals surface area contributed by atoms with Crippen molar-refractivity contribution in [3.8, 4) is 0 Å². The minimum absolute atomic E-state index is 0. The molecule has 8 heavy (non-hydrogen) atoms. The first-order valence-electron chi connectivity index (χ1n) is 2.04. The van der Waals surface area contributed by atoms with E-state index in [1.807, 2.05) is 24.3 Å². The van der Waals surface area contributed by atoms with Crippen molar-refractivity contribution in [2.75, 3.05) is 0 Å². The molecule has 0 bridgehead atoms. The molecule has 1 rings (SSSR count). The van der Waals surface area contributed by atoms with Gasteiger partial charge < -0.3 is 0 Å². The molecule has 0 aliphatic heterocycles. The van der Waals surface area contributed by atoms with E-state index in [0.29, 0.717) is 0 Å². The van der Waals surface area contributed by atoms with Gasteiger partial charge in [-0.05, 0) is 18.2 Å². The van der Waals surface area contributed by atoms with Crippen molar-refractivity contribution >= 4 is 12.6 Å². The van der Waals surface area contributed by atoms with E-state index in [1.54, 1.807) is 0 Å². The molecule has 0 saturated heterocycles. The summed E-state index contributed by atoms with van der Waals surface area (Å²) in [7, 11) is 0. The van der Waals surface area contributed by atoms with Crippen LogP contribution in [0.1, 0.15) is 0 Å². The molecule has 0 saturated carbocycles. The Kier molecular flexibility index (Phi) is 4.27. The summed E-state index contributed by atoms with van der Waals surface area (Å²) in [5.41, 5.74) is 0. The van der Waals surface area contributed by atoms with Gasteiger partial charge in [0.05, 0.1) is 0 Å². The molecule has 0 aliphatic rings. The maximum Gasteiger partial charge on any atom is 0.00404 e. The number of thiol groups is 1. The molecule has 0 spiro atoms. The van der Waals surface area contributed by atoms with Crippen LogP contribution in [0.25, 0.3) is 0 Å². The zero-order chi connectivity index (χ0) is 5.11. The maximum atomic E-state index is 4.06. The minimum Gasteiger partial charge on any atom is -0.143 e. The molecule has 0 aliphatic carbocycles. The first-order chi connectivity index (χ1) is 3.39. The van der Waals surface area contributed by atoms with E-state index in [1.165, 1.54) is 0 Å². The van der Waals surface area contributed by atoms with E-state index < -0.39 is 0 Å². The summed E-state index contributed by atoms with van der Waals surface area (Å²) in [6.45, 7) is 0. The molecule has 1 radical (unpaired) electrons. The molecule has 0 atom stereocenters. The van der Waals surface area contributed by atoms with Gasteiger partial charge in [0, 0.05) is 25.3 Å². The second-order valence-corrected chi connectivity index (χ2v) is 1.77. The minimum atomic E-state index is 0. The third-order valence-electron chi connectivity index (χ3n) is 0.701. The molecule has 0 unspecified atom stereocenters. The molecule has 0 aromatic heterocycles. The van der Waals surface area contributed by atoms with Crippen molar-refractivity contribution in [1.29, 1.82) is 0 Å². The van der Waals surface area contributed by atoms with Crippen molar-refractivity contribution in [1.82, 2.24) is 0 Å². The predicted octanol–water partition coefficient (Wildman–Crippen LogP) is 1.77. The average molecular weight is 216 g/mol. The molecule has 1 aromatic carbocycles. The summed E-state index contributed by atoms with van der Waals surface area (Å²) in [5, 5.41) is 0. The fourth-order valence-electron chi connectivity index (χ4n) is 0.378. The topological polar surface area (TPSA) is 0 Å².